The molecule has 4 heteroatoms. The Morgan fingerprint density at radius 1 is 0.525 bits per heavy atom. The number of halogens is 2. The van der Waals surface area contributed by atoms with Crippen molar-refractivity contribution in [2.45, 2.75) is 26.2 Å². The van der Waals surface area contributed by atoms with Gasteiger partial charge in [0.15, 0.2) is 0 Å². The Hall–Kier alpha value is -3.60. The zero-order chi connectivity index (χ0) is 27.9. The van der Waals surface area contributed by atoms with Crippen LogP contribution in [0.1, 0.15) is 30.9 Å². The van der Waals surface area contributed by atoms with E-state index in [9.17, 15) is 0 Å². The SMILES string of the molecule is C=Cc1ccc(N(c2ccc(Br)cc2)c2ccc(N(c3ccc(Br)cc3)c3ccc(CCCC)cc3)cc2)cc1. The summed E-state index contributed by atoms with van der Waals surface area (Å²) in [6.07, 6.45) is 5.40. The van der Waals surface area contributed by atoms with E-state index >= 15 is 0 Å². The molecule has 0 radical (unpaired) electrons. The summed E-state index contributed by atoms with van der Waals surface area (Å²) >= 11 is 7.17. The van der Waals surface area contributed by atoms with Crippen molar-refractivity contribution in [2.75, 3.05) is 9.80 Å². The van der Waals surface area contributed by atoms with E-state index in [1.807, 2.05) is 6.08 Å². The molecule has 0 fully saturated rings. The molecule has 2 nitrogen and oxygen atoms in total. The quantitative estimate of drug-likeness (QED) is 0.148. The van der Waals surface area contributed by atoms with Crippen molar-refractivity contribution in [3.63, 3.8) is 0 Å². The molecule has 0 spiro atoms. The molecule has 0 aromatic heterocycles. The summed E-state index contributed by atoms with van der Waals surface area (Å²) in [5, 5.41) is 0. The predicted octanol–water partition coefficient (Wildman–Crippen LogP) is 12.1. The van der Waals surface area contributed by atoms with Gasteiger partial charge in [-0.1, -0.05) is 82.1 Å². The van der Waals surface area contributed by atoms with Gasteiger partial charge < -0.3 is 9.80 Å². The molecule has 0 bridgehead atoms. The van der Waals surface area contributed by atoms with Crippen molar-refractivity contribution >= 4 is 72.1 Å². The van der Waals surface area contributed by atoms with Crippen molar-refractivity contribution in [3.8, 4) is 0 Å². The highest BCUT2D eigenvalue weighted by Gasteiger charge is 2.16. The third kappa shape index (κ3) is 6.57. The molecule has 0 N–H and O–H groups in total. The van der Waals surface area contributed by atoms with Gasteiger partial charge >= 0.3 is 0 Å². The van der Waals surface area contributed by atoms with Crippen LogP contribution in [0, 0.1) is 0 Å². The van der Waals surface area contributed by atoms with Crippen LogP contribution >= 0.6 is 31.9 Å². The van der Waals surface area contributed by atoms with E-state index in [0.717, 1.165) is 55.1 Å². The highest BCUT2D eigenvalue weighted by Crippen LogP contribution is 2.39. The zero-order valence-electron chi connectivity index (χ0n) is 22.6. The van der Waals surface area contributed by atoms with E-state index in [-0.39, 0.29) is 0 Å². The molecule has 0 heterocycles. The fraction of sp³-hybridized carbons (Fsp3) is 0.111. The number of hydrogen-bond acceptors (Lipinski definition) is 2. The molecule has 40 heavy (non-hydrogen) atoms. The standard InChI is InChI=1S/C36H32Br2N2/c1-3-5-6-28-9-17-32(18-10-28)40(34-21-13-30(38)14-22-34)36-25-23-35(24-26-36)39(33-19-11-29(37)12-20-33)31-15-7-27(4-2)8-16-31/h4,7-26H,2-3,5-6H2,1H3. The summed E-state index contributed by atoms with van der Waals surface area (Å²) in [4.78, 5) is 4.58. The van der Waals surface area contributed by atoms with Gasteiger partial charge in [-0.3, -0.25) is 0 Å². The number of anilines is 6. The van der Waals surface area contributed by atoms with Crippen molar-refractivity contribution in [1.82, 2.24) is 0 Å². The third-order valence-electron chi connectivity index (χ3n) is 6.94. The van der Waals surface area contributed by atoms with E-state index in [2.05, 4.69) is 176 Å². The molecular formula is C36H32Br2N2. The zero-order valence-corrected chi connectivity index (χ0v) is 25.8. The average Bonchev–Trinajstić information content (AvgIpc) is 3.00. The Bertz CT molecular complexity index is 1520. The Labute approximate surface area is 254 Å². The van der Waals surface area contributed by atoms with E-state index in [0.29, 0.717) is 0 Å². The Kier molecular flexibility index (Phi) is 9.20. The Balaban J connectivity index is 1.54. The summed E-state index contributed by atoms with van der Waals surface area (Å²) in [6, 6.07) is 43.2. The minimum absolute atomic E-state index is 1.06. The predicted molar refractivity (Wildman–Crippen MR) is 180 cm³/mol. The maximum absolute atomic E-state index is 3.90. The molecule has 5 aromatic rings. The second-order valence-electron chi connectivity index (χ2n) is 9.71. The number of aryl methyl sites for hydroxylation is 1. The van der Waals surface area contributed by atoms with Crippen molar-refractivity contribution < 1.29 is 0 Å². The van der Waals surface area contributed by atoms with Crippen LogP contribution in [0.15, 0.2) is 137 Å². The summed E-state index contributed by atoms with van der Waals surface area (Å²) in [5.74, 6) is 0. The van der Waals surface area contributed by atoms with Gasteiger partial charge in [-0.25, -0.2) is 0 Å². The van der Waals surface area contributed by atoms with Crippen LogP contribution in [0.4, 0.5) is 34.1 Å². The molecule has 0 unspecified atom stereocenters. The normalized spacial score (nSPS) is 10.8. The molecular weight excluding hydrogens is 620 g/mol. The number of unbranched alkanes of at least 4 members (excludes halogenated alkanes) is 1. The van der Waals surface area contributed by atoms with Crippen molar-refractivity contribution in [2.24, 2.45) is 0 Å². The minimum atomic E-state index is 1.06. The maximum atomic E-state index is 3.90. The van der Waals surface area contributed by atoms with Crippen molar-refractivity contribution in [3.05, 3.63) is 148 Å². The maximum Gasteiger partial charge on any atom is 0.0463 e. The molecule has 0 saturated carbocycles. The topological polar surface area (TPSA) is 6.48 Å². The number of nitrogens with zero attached hydrogens (tertiary/aromatic N) is 2. The van der Waals surface area contributed by atoms with Crippen LogP contribution in [0.25, 0.3) is 6.08 Å². The van der Waals surface area contributed by atoms with Gasteiger partial charge in [0.2, 0.25) is 0 Å². The minimum Gasteiger partial charge on any atom is -0.311 e. The number of rotatable bonds is 10. The second-order valence-corrected chi connectivity index (χ2v) is 11.5. The third-order valence-corrected chi connectivity index (χ3v) is 7.99. The molecule has 0 aliphatic rings. The lowest BCUT2D eigenvalue weighted by molar-refractivity contribution is 0.795. The lowest BCUT2D eigenvalue weighted by atomic mass is 10.1. The van der Waals surface area contributed by atoms with Gasteiger partial charge in [-0.05, 0) is 121 Å². The first-order chi connectivity index (χ1) is 19.6. The van der Waals surface area contributed by atoms with E-state index in [1.54, 1.807) is 0 Å². The lowest BCUT2D eigenvalue weighted by Gasteiger charge is -2.28. The fourth-order valence-corrected chi connectivity index (χ4v) is 5.31. The molecule has 0 aliphatic carbocycles. The largest absolute Gasteiger partial charge is 0.311 e. The smallest absolute Gasteiger partial charge is 0.0463 e. The van der Waals surface area contributed by atoms with Crippen LogP contribution in [0.3, 0.4) is 0 Å². The van der Waals surface area contributed by atoms with Crippen LogP contribution in [0.2, 0.25) is 0 Å². The molecule has 5 rings (SSSR count). The highest BCUT2D eigenvalue weighted by molar-refractivity contribution is 9.10. The van der Waals surface area contributed by atoms with Gasteiger partial charge in [0.1, 0.15) is 0 Å². The monoisotopic (exact) mass is 650 g/mol. The summed E-state index contributed by atoms with van der Waals surface area (Å²) in [5.41, 5.74) is 9.10. The first-order valence-electron chi connectivity index (χ1n) is 13.6. The summed E-state index contributed by atoms with van der Waals surface area (Å²) < 4.78 is 2.12. The second kappa shape index (κ2) is 13.2. The summed E-state index contributed by atoms with van der Waals surface area (Å²) in [7, 11) is 0. The van der Waals surface area contributed by atoms with Gasteiger partial charge in [-0.15, -0.1) is 0 Å². The molecule has 0 aliphatic heterocycles. The van der Waals surface area contributed by atoms with Crippen LogP contribution < -0.4 is 9.80 Å². The van der Waals surface area contributed by atoms with Gasteiger partial charge in [-0.2, -0.15) is 0 Å². The molecule has 0 amide bonds. The first-order valence-corrected chi connectivity index (χ1v) is 15.2. The highest BCUT2D eigenvalue weighted by atomic mass is 79.9. The Morgan fingerprint density at radius 2 is 0.850 bits per heavy atom. The van der Waals surface area contributed by atoms with Crippen molar-refractivity contribution in [1.29, 1.82) is 0 Å². The fourth-order valence-electron chi connectivity index (χ4n) is 4.78. The van der Waals surface area contributed by atoms with Crippen LogP contribution in [0.5, 0.6) is 0 Å². The Morgan fingerprint density at radius 3 is 1.20 bits per heavy atom. The lowest BCUT2D eigenvalue weighted by Crippen LogP contribution is -2.12. The molecule has 0 atom stereocenters. The van der Waals surface area contributed by atoms with Gasteiger partial charge in [0.25, 0.3) is 0 Å². The van der Waals surface area contributed by atoms with Gasteiger partial charge in [0.05, 0.1) is 0 Å². The molecule has 0 saturated heterocycles. The van der Waals surface area contributed by atoms with Crippen LogP contribution in [-0.2, 0) is 6.42 Å². The number of hydrogen-bond donors (Lipinski definition) is 0. The molecule has 200 valence electrons. The van der Waals surface area contributed by atoms with Crippen LogP contribution in [-0.4, -0.2) is 0 Å². The van der Waals surface area contributed by atoms with E-state index in [1.165, 1.54) is 18.4 Å². The first kappa shape index (κ1) is 27.9. The van der Waals surface area contributed by atoms with E-state index in [4.69, 9.17) is 0 Å². The van der Waals surface area contributed by atoms with Gasteiger partial charge in [0, 0.05) is 43.1 Å². The van der Waals surface area contributed by atoms with E-state index < -0.39 is 0 Å². The molecule has 5 aromatic carbocycles. The number of benzene rings is 5. The average molecular weight is 652 g/mol. The summed E-state index contributed by atoms with van der Waals surface area (Å²) in [6.45, 7) is 6.14.